The van der Waals surface area contributed by atoms with Crippen LogP contribution in [0.15, 0.2) is 24.3 Å². The Morgan fingerprint density at radius 2 is 2.08 bits per heavy atom. The summed E-state index contributed by atoms with van der Waals surface area (Å²) >= 11 is 6.58. The van der Waals surface area contributed by atoms with Gasteiger partial charge in [0.1, 0.15) is 10.9 Å². The van der Waals surface area contributed by atoms with Crippen LogP contribution in [0.3, 0.4) is 0 Å². The second-order valence-corrected chi connectivity index (χ2v) is 7.79. The molecular formula is C20H21ClN2O3. The van der Waals surface area contributed by atoms with Gasteiger partial charge in [0.05, 0.1) is 17.5 Å². The van der Waals surface area contributed by atoms with E-state index in [1.54, 1.807) is 4.57 Å². The van der Waals surface area contributed by atoms with Crippen molar-refractivity contribution >= 4 is 39.8 Å². The number of nitrogens with zero attached hydrogens (tertiary/aromatic N) is 2. The molecule has 2 heterocycles. The van der Waals surface area contributed by atoms with E-state index in [1.165, 1.54) is 13.8 Å². The van der Waals surface area contributed by atoms with E-state index in [2.05, 4.69) is 4.90 Å². The molecule has 0 fully saturated rings. The predicted molar refractivity (Wildman–Crippen MR) is 102 cm³/mol. The van der Waals surface area contributed by atoms with E-state index in [0.717, 1.165) is 27.6 Å². The monoisotopic (exact) mass is 372 g/mol. The van der Waals surface area contributed by atoms with Gasteiger partial charge in [-0.3, -0.25) is 19.1 Å². The zero-order valence-corrected chi connectivity index (χ0v) is 15.8. The minimum absolute atomic E-state index is 0.0462. The maximum Gasteiger partial charge on any atom is 0.229 e. The molecule has 1 aromatic heterocycles. The number of aromatic nitrogens is 1. The normalized spacial score (nSPS) is 25.1. The average Bonchev–Trinajstić information content (AvgIpc) is 2.89. The Morgan fingerprint density at radius 3 is 2.69 bits per heavy atom. The van der Waals surface area contributed by atoms with Gasteiger partial charge in [-0.15, -0.1) is 0 Å². The summed E-state index contributed by atoms with van der Waals surface area (Å²) in [6, 6.07) is 5.87. The zero-order chi connectivity index (χ0) is 18.8. The summed E-state index contributed by atoms with van der Waals surface area (Å²) in [6.07, 6.45) is 2.62. The molecule has 2 atom stereocenters. The Balaban J connectivity index is 2.05. The number of carbonyl (C=O) groups excluding carboxylic acids is 2. The van der Waals surface area contributed by atoms with Crippen molar-refractivity contribution in [2.75, 3.05) is 20.2 Å². The highest BCUT2D eigenvalue weighted by Gasteiger charge is 2.44. The van der Waals surface area contributed by atoms with Crippen LogP contribution in [0, 0.1) is 5.41 Å². The fourth-order valence-electron chi connectivity index (χ4n) is 4.49. The first-order valence-corrected chi connectivity index (χ1v) is 9.06. The van der Waals surface area contributed by atoms with E-state index in [-0.39, 0.29) is 24.3 Å². The summed E-state index contributed by atoms with van der Waals surface area (Å²) in [6.45, 7) is 3.27. The lowest BCUT2D eigenvalue weighted by Gasteiger charge is -2.44. The van der Waals surface area contributed by atoms with Crippen LogP contribution in [-0.4, -0.2) is 52.5 Å². The number of hydrogen-bond donors (Lipinski definition) is 1. The number of benzene rings is 1. The molecule has 0 spiro atoms. The van der Waals surface area contributed by atoms with Crippen LogP contribution in [-0.2, 0) is 11.2 Å². The lowest BCUT2D eigenvalue weighted by Crippen LogP contribution is -2.51. The van der Waals surface area contributed by atoms with Crippen LogP contribution in [0.2, 0.25) is 5.15 Å². The molecule has 4 rings (SSSR count). The van der Waals surface area contributed by atoms with Crippen molar-refractivity contribution in [2.45, 2.75) is 26.3 Å². The summed E-state index contributed by atoms with van der Waals surface area (Å²) < 4.78 is 1.55. The summed E-state index contributed by atoms with van der Waals surface area (Å²) in [4.78, 5) is 26.5. The smallest absolute Gasteiger partial charge is 0.229 e. The second-order valence-electron chi connectivity index (χ2n) is 7.43. The molecule has 0 bridgehead atoms. The first-order valence-electron chi connectivity index (χ1n) is 8.68. The average molecular weight is 373 g/mol. The molecule has 1 aromatic carbocycles. The topological polar surface area (TPSA) is 62.5 Å². The molecule has 0 radical (unpaired) electrons. The molecule has 0 saturated heterocycles. The lowest BCUT2D eigenvalue weighted by molar-refractivity contribution is -0.127. The number of carbonyl (C=O) groups is 2. The van der Waals surface area contributed by atoms with Gasteiger partial charge < -0.3 is 5.11 Å². The Bertz CT molecular complexity index is 991. The fraction of sp³-hybridized carbons (Fsp3) is 0.400. The van der Waals surface area contributed by atoms with Gasteiger partial charge in [0.25, 0.3) is 0 Å². The van der Waals surface area contributed by atoms with Crippen LogP contribution in [0.1, 0.15) is 29.8 Å². The van der Waals surface area contributed by atoms with Crippen molar-refractivity contribution in [1.29, 1.82) is 0 Å². The fourth-order valence-corrected chi connectivity index (χ4v) is 4.87. The summed E-state index contributed by atoms with van der Waals surface area (Å²) in [5.74, 6) is -0.167. The first kappa shape index (κ1) is 17.5. The third-order valence-electron chi connectivity index (χ3n) is 5.89. The number of halogens is 1. The predicted octanol–water partition coefficient (Wildman–Crippen LogP) is 2.78. The summed E-state index contributed by atoms with van der Waals surface area (Å²) in [5.41, 5.74) is 2.88. The zero-order valence-electron chi connectivity index (χ0n) is 15.0. The van der Waals surface area contributed by atoms with Gasteiger partial charge >= 0.3 is 0 Å². The van der Waals surface area contributed by atoms with Crippen LogP contribution >= 0.6 is 11.6 Å². The van der Waals surface area contributed by atoms with Gasteiger partial charge in [0, 0.05) is 24.9 Å². The quantitative estimate of drug-likeness (QED) is 0.880. The SMILES string of the molecule is CC(=O)n1c(Cl)c2c3c(cccc31)C1=C[C@](CO)(C(C)=O)CN(C)[C@@H]1C2. The third kappa shape index (κ3) is 2.17. The van der Waals surface area contributed by atoms with Crippen molar-refractivity contribution in [1.82, 2.24) is 9.47 Å². The Morgan fingerprint density at radius 1 is 1.35 bits per heavy atom. The maximum absolute atomic E-state index is 12.3. The van der Waals surface area contributed by atoms with Crippen LogP contribution in [0.25, 0.3) is 16.5 Å². The largest absolute Gasteiger partial charge is 0.395 e. The molecule has 1 aliphatic heterocycles. The standard InChI is InChI=1S/C20H21ClN2O3/c1-11(25)20(10-24)8-15-13-5-4-6-16-18(13)14(7-17(15)22(3)9-20)19(21)23(16)12(2)26/h4-6,8,17,24H,7,9-10H2,1-3H3/t17-,20+/m1/s1. The number of Topliss-reactive ketones (excluding diaryl/α,β-unsaturated/α-hetero) is 1. The molecule has 2 aliphatic rings. The Labute approximate surface area is 156 Å². The lowest BCUT2D eigenvalue weighted by atomic mass is 9.73. The molecule has 0 unspecified atom stereocenters. The number of rotatable bonds is 2. The summed E-state index contributed by atoms with van der Waals surface area (Å²) in [7, 11) is 1.96. The van der Waals surface area contributed by atoms with Crippen LogP contribution in [0.5, 0.6) is 0 Å². The highest BCUT2D eigenvalue weighted by Crippen LogP contribution is 2.46. The Kier molecular flexibility index (Phi) is 3.88. The van der Waals surface area contributed by atoms with Crippen molar-refractivity contribution in [2.24, 2.45) is 5.41 Å². The van der Waals surface area contributed by atoms with E-state index < -0.39 is 5.41 Å². The highest BCUT2D eigenvalue weighted by molar-refractivity contribution is 6.33. The van der Waals surface area contributed by atoms with Crippen LogP contribution < -0.4 is 0 Å². The van der Waals surface area contributed by atoms with E-state index in [1.807, 2.05) is 31.3 Å². The number of aliphatic hydroxyl groups excluding tert-OH is 1. The van der Waals surface area contributed by atoms with Gasteiger partial charge in [-0.25, -0.2) is 0 Å². The number of aliphatic hydroxyl groups is 1. The molecule has 1 aliphatic carbocycles. The van der Waals surface area contributed by atoms with Crippen molar-refractivity contribution in [3.05, 3.63) is 40.6 Å². The number of hydrogen-bond acceptors (Lipinski definition) is 4. The molecule has 1 N–H and O–H groups in total. The molecule has 2 aromatic rings. The van der Waals surface area contributed by atoms with Crippen molar-refractivity contribution in [3.63, 3.8) is 0 Å². The van der Waals surface area contributed by atoms with E-state index in [0.29, 0.717) is 18.1 Å². The van der Waals surface area contributed by atoms with Crippen LogP contribution in [0.4, 0.5) is 0 Å². The van der Waals surface area contributed by atoms with E-state index in [9.17, 15) is 14.7 Å². The summed E-state index contributed by atoms with van der Waals surface area (Å²) in [5, 5.41) is 11.4. The minimum Gasteiger partial charge on any atom is -0.395 e. The van der Waals surface area contributed by atoms with Gasteiger partial charge in [-0.2, -0.15) is 0 Å². The Hall–Kier alpha value is -1.95. The van der Waals surface area contributed by atoms with Gasteiger partial charge in [0.15, 0.2) is 0 Å². The maximum atomic E-state index is 12.3. The molecule has 6 heteroatoms. The van der Waals surface area contributed by atoms with Gasteiger partial charge in [-0.05, 0) is 43.2 Å². The van der Waals surface area contributed by atoms with E-state index >= 15 is 0 Å². The molecular weight excluding hydrogens is 352 g/mol. The number of likely N-dealkylation sites (N-methyl/N-ethyl adjacent to an activating group) is 1. The first-order chi connectivity index (χ1) is 12.3. The van der Waals surface area contributed by atoms with Gasteiger partial charge in [0.2, 0.25) is 5.91 Å². The number of ketones is 1. The highest BCUT2D eigenvalue weighted by atomic mass is 35.5. The third-order valence-corrected chi connectivity index (χ3v) is 6.29. The van der Waals surface area contributed by atoms with Gasteiger partial charge in [-0.1, -0.05) is 29.8 Å². The molecule has 0 saturated carbocycles. The second kappa shape index (κ2) is 5.78. The van der Waals surface area contributed by atoms with Crippen molar-refractivity contribution < 1.29 is 14.7 Å². The minimum atomic E-state index is -0.896. The molecule has 136 valence electrons. The van der Waals surface area contributed by atoms with E-state index in [4.69, 9.17) is 11.6 Å². The van der Waals surface area contributed by atoms with Crippen molar-refractivity contribution in [3.8, 4) is 0 Å². The molecule has 0 amide bonds. The number of fused-ring (bicyclic) bond motifs is 2. The molecule has 5 nitrogen and oxygen atoms in total. The molecule has 26 heavy (non-hydrogen) atoms.